The van der Waals surface area contributed by atoms with Crippen LogP contribution in [0.1, 0.15) is 25.7 Å². The molecule has 158 valence electrons. The summed E-state index contributed by atoms with van der Waals surface area (Å²) in [6.45, 7) is 0. The van der Waals surface area contributed by atoms with E-state index in [9.17, 15) is 13.2 Å². The van der Waals surface area contributed by atoms with Crippen molar-refractivity contribution in [2.45, 2.75) is 36.6 Å². The Hall–Kier alpha value is -3.27. The summed E-state index contributed by atoms with van der Waals surface area (Å²) in [5.41, 5.74) is 1.83. The van der Waals surface area contributed by atoms with E-state index >= 15 is 0 Å². The minimum atomic E-state index is -4.02. The molecule has 30 heavy (non-hydrogen) atoms. The zero-order chi connectivity index (χ0) is 21.3. The van der Waals surface area contributed by atoms with E-state index in [1.165, 1.54) is 44.2 Å². The number of fused-ring (bicyclic) bond motifs is 1. The lowest BCUT2D eigenvalue weighted by molar-refractivity contribution is 0.203. The van der Waals surface area contributed by atoms with Gasteiger partial charge in [-0.25, -0.2) is 9.78 Å². The minimum absolute atomic E-state index is 0.0490. The number of nitrogens with one attached hydrogen (secondary N) is 2. The van der Waals surface area contributed by atoms with Crippen molar-refractivity contribution in [3.8, 4) is 5.75 Å². The van der Waals surface area contributed by atoms with Crippen molar-refractivity contribution in [1.29, 1.82) is 0 Å². The summed E-state index contributed by atoms with van der Waals surface area (Å²) in [6, 6.07) is 11.4. The standard InChI is InChI=1S/C20H22N4O5S/c1-24(20(25)26)19-22-17-11-8-15(12-18(17)23-19)29-30(27,28)16-9-6-14(7-10-16)21-13-4-2-3-5-13/h6-13,21H,2-5H2,1H3,(H,22,23)(H,25,26). The van der Waals surface area contributed by atoms with Crippen molar-refractivity contribution in [2.75, 3.05) is 17.3 Å². The Bertz CT molecular complexity index is 1170. The summed E-state index contributed by atoms with van der Waals surface area (Å²) in [6.07, 6.45) is 3.52. The first-order chi connectivity index (χ1) is 14.3. The first-order valence-corrected chi connectivity index (χ1v) is 11.0. The molecule has 0 spiro atoms. The van der Waals surface area contributed by atoms with Crippen molar-refractivity contribution in [3.05, 3.63) is 42.5 Å². The summed E-state index contributed by atoms with van der Waals surface area (Å²) in [7, 11) is -2.66. The summed E-state index contributed by atoms with van der Waals surface area (Å²) in [4.78, 5) is 19.1. The minimum Gasteiger partial charge on any atom is -0.465 e. The Balaban J connectivity index is 1.50. The number of hydrogen-bond donors (Lipinski definition) is 3. The second kappa shape index (κ2) is 7.86. The third kappa shape index (κ3) is 4.18. The number of carboxylic acid groups (broad SMARTS) is 1. The highest BCUT2D eigenvalue weighted by molar-refractivity contribution is 7.87. The molecule has 3 N–H and O–H groups in total. The van der Waals surface area contributed by atoms with E-state index in [1.807, 2.05) is 0 Å². The van der Waals surface area contributed by atoms with Crippen molar-refractivity contribution < 1.29 is 22.5 Å². The highest BCUT2D eigenvalue weighted by Crippen LogP contribution is 2.26. The summed E-state index contributed by atoms with van der Waals surface area (Å²) >= 11 is 0. The van der Waals surface area contributed by atoms with E-state index in [1.54, 1.807) is 18.2 Å². The van der Waals surface area contributed by atoms with Crippen molar-refractivity contribution in [1.82, 2.24) is 9.97 Å². The Labute approximate surface area is 173 Å². The Morgan fingerprint density at radius 2 is 1.90 bits per heavy atom. The number of anilines is 2. The molecule has 0 radical (unpaired) electrons. The van der Waals surface area contributed by atoms with E-state index < -0.39 is 16.2 Å². The molecule has 10 heteroatoms. The molecule has 0 aliphatic heterocycles. The first-order valence-electron chi connectivity index (χ1n) is 9.59. The van der Waals surface area contributed by atoms with Crippen LogP contribution in [0, 0.1) is 0 Å². The van der Waals surface area contributed by atoms with Crippen LogP contribution >= 0.6 is 0 Å². The molecule has 1 saturated carbocycles. The number of rotatable bonds is 6. The average Bonchev–Trinajstić information content (AvgIpc) is 3.36. The number of amides is 1. The number of hydrogen-bond acceptors (Lipinski definition) is 6. The molecule has 9 nitrogen and oxygen atoms in total. The fourth-order valence-corrected chi connectivity index (χ4v) is 4.39. The van der Waals surface area contributed by atoms with Crippen LogP contribution < -0.4 is 14.4 Å². The Kier molecular flexibility index (Phi) is 5.25. The van der Waals surface area contributed by atoms with Crippen LogP contribution in [0.25, 0.3) is 11.0 Å². The number of benzene rings is 2. The van der Waals surface area contributed by atoms with Gasteiger partial charge in [0.25, 0.3) is 0 Å². The number of imidazole rings is 1. The summed E-state index contributed by atoms with van der Waals surface area (Å²) in [5.74, 6) is 0.217. The zero-order valence-electron chi connectivity index (χ0n) is 16.3. The maximum absolute atomic E-state index is 12.6. The third-order valence-corrected chi connectivity index (χ3v) is 6.38. The van der Waals surface area contributed by atoms with Gasteiger partial charge in [0, 0.05) is 24.8 Å². The molecule has 4 rings (SSSR count). The molecule has 1 fully saturated rings. The molecule has 0 saturated heterocycles. The maximum Gasteiger partial charge on any atom is 0.413 e. The van der Waals surface area contributed by atoms with Gasteiger partial charge in [0.15, 0.2) is 0 Å². The van der Waals surface area contributed by atoms with Gasteiger partial charge in [-0.15, -0.1) is 0 Å². The number of nitrogens with zero attached hydrogens (tertiary/aromatic N) is 2. The fraction of sp³-hybridized carbons (Fsp3) is 0.300. The lowest BCUT2D eigenvalue weighted by atomic mass is 10.2. The SMILES string of the molecule is CN(C(=O)O)c1nc2cc(OS(=O)(=O)c3ccc(NC4CCCC4)cc3)ccc2[nH]1. The monoisotopic (exact) mass is 430 g/mol. The van der Waals surface area contributed by atoms with Gasteiger partial charge in [-0.05, 0) is 49.2 Å². The van der Waals surface area contributed by atoms with E-state index in [-0.39, 0.29) is 16.6 Å². The van der Waals surface area contributed by atoms with Gasteiger partial charge in [-0.3, -0.25) is 4.90 Å². The molecule has 1 heterocycles. The highest BCUT2D eigenvalue weighted by Gasteiger charge is 2.19. The van der Waals surface area contributed by atoms with E-state index in [0.29, 0.717) is 17.1 Å². The number of aromatic amines is 1. The predicted molar refractivity (Wildman–Crippen MR) is 113 cm³/mol. The third-order valence-electron chi connectivity index (χ3n) is 5.12. The maximum atomic E-state index is 12.6. The predicted octanol–water partition coefficient (Wildman–Crippen LogP) is 3.80. The van der Waals surface area contributed by atoms with Crippen LogP contribution in [0.4, 0.5) is 16.4 Å². The first kappa shape index (κ1) is 20.0. The molecule has 0 atom stereocenters. The number of H-pyrrole nitrogens is 1. The zero-order valence-corrected chi connectivity index (χ0v) is 17.1. The van der Waals surface area contributed by atoms with Crippen molar-refractivity contribution in [2.24, 2.45) is 0 Å². The molecule has 0 bridgehead atoms. The second-order valence-electron chi connectivity index (χ2n) is 7.27. The van der Waals surface area contributed by atoms with Gasteiger partial charge in [-0.1, -0.05) is 12.8 Å². The quantitative estimate of drug-likeness (QED) is 0.508. The molecular weight excluding hydrogens is 408 g/mol. The largest absolute Gasteiger partial charge is 0.465 e. The lowest BCUT2D eigenvalue weighted by Crippen LogP contribution is -2.24. The molecule has 1 aromatic heterocycles. The number of aromatic nitrogens is 2. The molecule has 0 unspecified atom stereocenters. The summed E-state index contributed by atoms with van der Waals surface area (Å²) in [5, 5.41) is 12.5. The Morgan fingerprint density at radius 1 is 1.20 bits per heavy atom. The van der Waals surface area contributed by atoms with Gasteiger partial charge >= 0.3 is 16.2 Å². The van der Waals surface area contributed by atoms with E-state index in [4.69, 9.17) is 9.29 Å². The Morgan fingerprint density at radius 3 is 2.57 bits per heavy atom. The van der Waals surface area contributed by atoms with Crippen LogP contribution in [0.15, 0.2) is 47.4 Å². The smallest absolute Gasteiger partial charge is 0.413 e. The van der Waals surface area contributed by atoms with Gasteiger partial charge in [-0.2, -0.15) is 8.42 Å². The van der Waals surface area contributed by atoms with Crippen LogP contribution in [0.5, 0.6) is 5.75 Å². The lowest BCUT2D eigenvalue weighted by Gasteiger charge is -2.14. The molecule has 1 aliphatic rings. The molecular formula is C20H22N4O5S. The normalized spacial score (nSPS) is 14.7. The van der Waals surface area contributed by atoms with Crippen LogP contribution in [-0.4, -0.2) is 42.7 Å². The van der Waals surface area contributed by atoms with Gasteiger partial charge in [0.1, 0.15) is 10.6 Å². The van der Waals surface area contributed by atoms with Crippen molar-refractivity contribution >= 4 is 38.9 Å². The fourth-order valence-electron chi connectivity index (χ4n) is 3.47. The van der Waals surface area contributed by atoms with Gasteiger partial charge in [0.05, 0.1) is 11.0 Å². The average molecular weight is 430 g/mol. The van der Waals surface area contributed by atoms with Crippen LogP contribution in [0.3, 0.4) is 0 Å². The van der Waals surface area contributed by atoms with Gasteiger partial charge < -0.3 is 19.6 Å². The van der Waals surface area contributed by atoms with Crippen LogP contribution in [-0.2, 0) is 10.1 Å². The molecule has 1 amide bonds. The summed E-state index contributed by atoms with van der Waals surface area (Å²) < 4.78 is 30.5. The van der Waals surface area contributed by atoms with Crippen molar-refractivity contribution in [3.63, 3.8) is 0 Å². The molecule has 3 aromatic rings. The van der Waals surface area contributed by atoms with E-state index in [2.05, 4.69) is 15.3 Å². The highest BCUT2D eigenvalue weighted by atomic mass is 32.2. The van der Waals surface area contributed by atoms with E-state index in [0.717, 1.165) is 23.4 Å². The van der Waals surface area contributed by atoms with Crippen LogP contribution in [0.2, 0.25) is 0 Å². The second-order valence-corrected chi connectivity index (χ2v) is 8.81. The molecule has 1 aliphatic carbocycles. The van der Waals surface area contributed by atoms with Gasteiger partial charge in [0.2, 0.25) is 5.95 Å². The number of carbonyl (C=O) groups is 1. The molecule has 2 aromatic carbocycles. The topological polar surface area (TPSA) is 125 Å².